The van der Waals surface area contributed by atoms with Gasteiger partial charge >= 0.3 is 6.09 Å². The largest absolute Gasteiger partial charge is 0.444 e. The van der Waals surface area contributed by atoms with E-state index in [2.05, 4.69) is 11.8 Å². The van der Waals surface area contributed by atoms with Crippen molar-refractivity contribution in [3.8, 4) is 0 Å². The molecular formula is C19H29N3O2S. The number of hydrogen-bond acceptors (Lipinski definition) is 5. The summed E-state index contributed by atoms with van der Waals surface area (Å²) in [5.41, 5.74) is 3.58. The maximum atomic E-state index is 12.3. The lowest BCUT2D eigenvalue weighted by Gasteiger charge is -2.38. The molecule has 2 fully saturated rings. The zero-order valence-corrected chi connectivity index (χ0v) is 16.6. The van der Waals surface area contributed by atoms with E-state index in [-0.39, 0.29) is 6.09 Å². The molecule has 0 aromatic heterocycles. The number of amides is 1. The molecule has 1 amide bonds. The molecule has 0 unspecified atom stereocenters. The standard InChI is InChI=1S/C19H29N3O2S/c1-14-5-6-16(17-15(20-13-14)7-12-25-17)21-8-10-22(11-9-21)18(23)24-19(2,3)4/h13H,5-12H2,1-4H3/b14-13+,17-16-,20-15-. The predicted octanol–water partition coefficient (Wildman–Crippen LogP) is 4.03. The fourth-order valence-electron chi connectivity index (χ4n) is 3.29. The third-order valence-corrected chi connectivity index (χ3v) is 5.79. The van der Waals surface area contributed by atoms with Gasteiger partial charge in [-0.3, -0.25) is 4.99 Å². The van der Waals surface area contributed by atoms with Crippen molar-refractivity contribution in [3.63, 3.8) is 0 Å². The third-order valence-electron chi connectivity index (χ3n) is 4.62. The molecule has 0 aromatic rings. The summed E-state index contributed by atoms with van der Waals surface area (Å²) in [5, 5.41) is 0. The number of nitrogens with zero attached hydrogens (tertiary/aromatic N) is 3. The Hall–Kier alpha value is -1.43. The Morgan fingerprint density at radius 2 is 1.88 bits per heavy atom. The van der Waals surface area contributed by atoms with E-state index in [1.807, 2.05) is 43.6 Å². The Kier molecular flexibility index (Phi) is 5.46. The van der Waals surface area contributed by atoms with Gasteiger partial charge < -0.3 is 14.5 Å². The number of allylic oxidation sites excluding steroid dienone is 3. The molecule has 3 rings (SSSR count). The Balaban J connectivity index is 1.68. The smallest absolute Gasteiger partial charge is 0.410 e. The topological polar surface area (TPSA) is 45.1 Å². The molecule has 3 aliphatic heterocycles. The van der Waals surface area contributed by atoms with E-state index >= 15 is 0 Å². The van der Waals surface area contributed by atoms with Gasteiger partial charge in [-0.05, 0) is 40.5 Å². The molecule has 138 valence electrons. The summed E-state index contributed by atoms with van der Waals surface area (Å²) < 4.78 is 5.50. The highest BCUT2D eigenvalue weighted by atomic mass is 32.2. The fraction of sp³-hybridized carbons (Fsp3) is 0.684. The number of aliphatic imine (C=N–C) groups is 1. The minimum Gasteiger partial charge on any atom is -0.444 e. The average molecular weight is 364 g/mol. The highest BCUT2D eigenvalue weighted by Gasteiger charge is 2.29. The molecule has 0 radical (unpaired) electrons. The van der Waals surface area contributed by atoms with Crippen LogP contribution in [0.4, 0.5) is 4.79 Å². The number of fused-ring (bicyclic) bond motifs is 1. The first-order valence-corrected chi connectivity index (χ1v) is 10.1. The van der Waals surface area contributed by atoms with Crippen LogP contribution in [-0.4, -0.2) is 59.1 Å². The Morgan fingerprint density at radius 1 is 1.16 bits per heavy atom. The number of rotatable bonds is 1. The first-order valence-electron chi connectivity index (χ1n) is 9.15. The summed E-state index contributed by atoms with van der Waals surface area (Å²) in [6.45, 7) is 11.1. The van der Waals surface area contributed by atoms with E-state index in [0.29, 0.717) is 0 Å². The molecule has 0 spiro atoms. The molecule has 2 saturated heterocycles. The third kappa shape index (κ3) is 4.60. The predicted molar refractivity (Wildman–Crippen MR) is 104 cm³/mol. The molecule has 5 nitrogen and oxygen atoms in total. The zero-order chi connectivity index (χ0) is 18.0. The summed E-state index contributed by atoms with van der Waals surface area (Å²) in [6, 6.07) is 0. The second-order valence-electron chi connectivity index (χ2n) is 7.88. The van der Waals surface area contributed by atoms with Crippen LogP contribution in [0.2, 0.25) is 0 Å². The average Bonchev–Trinajstić information content (AvgIpc) is 2.98. The van der Waals surface area contributed by atoms with E-state index in [9.17, 15) is 4.79 Å². The minimum absolute atomic E-state index is 0.196. The van der Waals surface area contributed by atoms with Gasteiger partial charge in [0.15, 0.2) is 0 Å². The quantitative estimate of drug-likeness (QED) is 0.706. The number of piperazine rings is 1. The molecule has 0 saturated carbocycles. The van der Waals surface area contributed by atoms with Crippen LogP contribution >= 0.6 is 11.8 Å². The molecule has 0 N–H and O–H groups in total. The SMILES string of the molecule is C\C1=C/N=C2/CCS/C2=C(\N2CCN(C(=O)OC(C)(C)C)CC2)CC1. The molecule has 3 aliphatic rings. The van der Waals surface area contributed by atoms with Gasteiger partial charge in [0.05, 0.1) is 5.71 Å². The van der Waals surface area contributed by atoms with Gasteiger partial charge in [0.2, 0.25) is 0 Å². The summed E-state index contributed by atoms with van der Waals surface area (Å²) in [7, 11) is 0. The van der Waals surface area contributed by atoms with Crippen molar-refractivity contribution in [2.45, 2.75) is 52.6 Å². The lowest BCUT2D eigenvalue weighted by atomic mass is 10.1. The second kappa shape index (κ2) is 7.44. The number of carbonyl (C=O) groups excluding carboxylic acids is 1. The lowest BCUT2D eigenvalue weighted by Crippen LogP contribution is -2.49. The Bertz CT molecular complexity index is 623. The van der Waals surface area contributed by atoms with Crippen LogP contribution in [0.1, 0.15) is 47.0 Å². The number of carbonyl (C=O) groups is 1. The van der Waals surface area contributed by atoms with Crippen molar-refractivity contribution < 1.29 is 9.53 Å². The Labute approximate surface area is 155 Å². The van der Waals surface area contributed by atoms with E-state index in [1.165, 1.54) is 21.9 Å². The van der Waals surface area contributed by atoms with E-state index < -0.39 is 5.60 Å². The Morgan fingerprint density at radius 3 is 2.56 bits per heavy atom. The minimum atomic E-state index is -0.436. The highest BCUT2D eigenvalue weighted by molar-refractivity contribution is 8.04. The van der Waals surface area contributed by atoms with Crippen LogP contribution in [0.15, 0.2) is 27.4 Å². The van der Waals surface area contributed by atoms with Crippen molar-refractivity contribution in [1.82, 2.24) is 9.80 Å². The molecular weight excluding hydrogens is 334 g/mol. The normalized spacial score (nSPS) is 29.1. The van der Waals surface area contributed by atoms with E-state index in [4.69, 9.17) is 9.73 Å². The monoisotopic (exact) mass is 363 g/mol. The summed E-state index contributed by atoms with van der Waals surface area (Å²) in [6.07, 6.45) is 5.03. The first kappa shape index (κ1) is 18.4. The number of ether oxygens (including phenoxy) is 1. The molecule has 0 bridgehead atoms. The fourth-order valence-corrected chi connectivity index (χ4v) is 4.51. The second-order valence-corrected chi connectivity index (χ2v) is 8.99. The molecule has 0 aromatic carbocycles. The van der Waals surface area contributed by atoms with Gasteiger partial charge in [0.25, 0.3) is 0 Å². The van der Waals surface area contributed by atoms with Gasteiger partial charge in [-0.1, -0.05) is 5.57 Å². The van der Waals surface area contributed by atoms with E-state index in [0.717, 1.165) is 51.2 Å². The van der Waals surface area contributed by atoms with E-state index in [1.54, 1.807) is 0 Å². The maximum Gasteiger partial charge on any atom is 0.410 e. The molecule has 25 heavy (non-hydrogen) atoms. The zero-order valence-electron chi connectivity index (χ0n) is 15.8. The van der Waals surface area contributed by atoms with Gasteiger partial charge in [0, 0.05) is 55.2 Å². The van der Waals surface area contributed by atoms with Crippen LogP contribution in [0.5, 0.6) is 0 Å². The molecule has 6 heteroatoms. The van der Waals surface area contributed by atoms with Crippen molar-refractivity contribution in [3.05, 3.63) is 22.4 Å². The van der Waals surface area contributed by atoms with Crippen LogP contribution in [0.3, 0.4) is 0 Å². The van der Waals surface area contributed by atoms with Crippen LogP contribution in [-0.2, 0) is 4.74 Å². The van der Waals surface area contributed by atoms with Crippen LogP contribution in [0, 0.1) is 0 Å². The summed E-state index contributed by atoms with van der Waals surface area (Å²) in [4.78, 5) is 22.7. The lowest BCUT2D eigenvalue weighted by molar-refractivity contribution is 0.0167. The maximum absolute atomic E-state index is 12.3. The van der Waals surface area contributed by atoms with Gasteiger partial charge in [0.1, 0.15) is 5.60 Å². The van der Waals surface area contributed by atoms with Crippen molar-refractivity contribution in [2.75, 3.05) is 31.9 Å². The van der Waals surface area contributed by atoms with Crippen molar-refractivity contribution in [2.24, 2.45) is 4.99 Å². The van der Waals surface area contributed by atoms with Crippen molar-refractivity contribution >= 4 is 23.6 Å². The van der Waals surface area contributed by atoms with Gasteiger partial charge in [-0.15, -0.1) is 11.8 Å². The summed E-state index contributed by atoms with van der Waals surface area (Å²) in [5.74, 6) is 1.13. The van der Waals surface area contributed by atoms with Crippen LogP contribution < -0.4 is 0 Å². The highest BCUT2D eigenvalue weighted by Crippen LogP contribution is 2.36. The first-order chi connectivity index (χ1) is 11.8. The van der Waals surface area contributed by atoms with Crippen molar-refractivity contribution in [1.29, 1.82) is 0 Å². The molecule has 3 heterocycles. The van der Waals surface area contributed by atoms with Gasteiger partial charge in [-0.2, -0.15) is 0 Å². The summed E-state index contributed by atoms with van der Waals surface area (Å²) >= 11 is 1.94. The number of hydrogen-bond donors (Lipinski definition) is 0. The molecule has 0 atom stereocenters. The number of thioether (sulfide) groups is 1. The molecule has 0 aliphatic carbocycles. The van der Waals surface area contributed by atoms with Crippen LogP contribution in [0.25, 0.3) is 0 Å². The van der Waals surface area contributed by atoms with Gasteiger partial charge in [-0.25, -0.2) is 4.79 Å².